The van der Waals surface area contributed by atoms with Crippen molar-refractivity contribution in [1.82, 2.24) is 5.32 Å². The number of carbonyl (C=O) groups is 1. The van der Waals surface area contributed by atoms with E-state index in [1.165, 1.54) is 11.3 Å². The van der Waals surface area contributed by atoms with Crippen molar-refractivity contribution < 1.29 is 9.90 Å². The predicted molar refractivity (Wildman–Crippen MR) is 78.0 cm³/mol. The summed E-state index contributed by atoms with van der Waals surface area (Å²) in [5, 5.41) is 13.7. The van der Waals surface area contributed by atoms with Gasteiger partial charge in [-0.05, 0) is 25.3 Å². The van der Waals surface area contributed by atoms with Crippen LogP contribution in [0.2, 0.25) is 5.02 Å². The Morgan fingerprint density at radius 1 is 1.42 bits per heavy atom. The number of hydrogen-bond acceptors (Lipinski definition) is 3. The molecule has 0 spiro atoms. The number of benzene rings is 1. The van der Waals surface area contributed by atoms with Crippen molar-refractivity contribution in [1.29, 1.82) is 0 Å². The van der Waals surface area contributed by atoms with Gasteiger partial charge in [0.2, 0.25) is 0 Å². The van der Waals surface area contributed by atoms with E-state index >= 15 is 0 Å². The monoisotopic (exact) mass is 295 g/mol. The number of halogens is 1. The van der Waals surface area contributed by atoms with Gasteiger partial charge in [-0.3, -0.25) is 4.79 Å². The molecule has 3 rings (SSSR count). The van der Waals surface area contributed by atoms with Crippen LogP contribution in [-0.2, 0) is 0 Å². The molecule has 0 saturated heterocycles. The molecule has 1 amide bonds. The van der Waals surface area contributed by atoms with E-state index in [9.17, 15) is 9.90 Å². The maximum Gasteiger partial charge on any atom is 0.263 e. The Bertz CT molecular complexity index is 628. The summed E-state index contributed by atoms with van der Waals surface area (Å²) in [5.74, 6) is -0.181. The average molecular weight is 296 g/mol. The second kappa shape index (κ2) is 4.78. The molecule has 19 heavy (non-hydrogen) atoms. The number of thiophene rings is 1. The van der Waals surface area contributed by atoms with Gasteiger partial charge in [0.25, 0.3) is 5.91 Å². The Kier molecular flexibility index (Phi) is 3.25. The molecule has 0 radical (unpaired) electrons. The summed E-state index contributed by atoms with van der Waals surface area (Å²) in [6.07, 6.45) is 2.70. The topological polar surface area (TPSA) is 49.3 Å². The Morgan fingerprint density at radius 2 is 2.16 bits per heavy atom. The molecule has 1 aliphatic carbocycles. The first-order chi connectivity index (χ1) is 9.15. The third-order valence-corrected chi connectivity index (χ3v) is 5.41. The van der Waals surface area contributed by atoms with Crippen LogP contribution in [0.15, 0.2) is 24.3 Å². The van der Waals surface area contributed by atoms with Crippen molar-refractivity contribution >= 4 is 38.9 Å². The van der Waals surface area contributed by atoms with Gasteiger partial charge in [0.1, 0.15) is 4.88 Å². The number of carbonyl (C=O) groups excluding carboxylic acids is 1. The van der Waals surface area contributed by atoms with Gasteiger partial charge in [-0.1, -0.05) is 29.8 Å². The lowest BCUT2D eigenvalue weighted by atomic mass is 9.77. The zero-order chi connectivity index (χ0) is 13.5. The molecular formula is C14H14ClNO2S. The highest BCUT2D eigenvalue weighted by Gasteiger charge is 2.38. The van der Waals surface area contributed by atoms with E-state index < -0.39 is 5.54 Å². The molecule has 0 atom stereocenters. The van der Waals surface area contributed by atoms with Gasteiger partial charge in [0.05, 0.1) is 17.2 Å². The summed E-state index contributed by atoms with van der Waals surface area (Å²) in [6, 6.07) is 7.70. The molecule has 1 fully saturated rings. The van der Waals surface area contributed by atoms with Crippen LogP contribution in [0.5, 0.6) is 0 Å². The number of aliphatic hydroxyl groups excluding tert-OH is 1. The third-order valence-electron chi connectivity index (χ3n) is 3.73. The molecule has 1 aliphatic rings. The molecule has 0 unspecified atom stereocenters. The summed E-state index contributed by atoms with van der Waals surface area (Å²) >= 11 is 7.66. The molecule has 1 saturated carbocycles. The van der Waals surface area contributed by atoms with Crippen LogP contribution >= 0.6 is 22.9 Å². The van der Waals surface area contributed by atoms with Gasteiger partial charge < -0.3 is 10.4 Å². The average Bonchev–Trinajstić information content (AvgIpc) is 2.72. The molecular weight excluding hydrogens is 282 g/mol. The Hall–Kier alpha value is -1.10. The lowest BCUT2D eigenvalue weighted by Gasteiger charge is -2.40. The molecule has 2 aromatic rings. The first-order valence-corrected chi connectivity index (χ1v) is 7.45. The molecule has 1 heterocycles. The minimum Gasteiger partial charge on any atom is -0.394 e. The van der Waals surface area contributed by atoms with Crippen molar-refractivity contribution in [2.45, 2.75) is 24.8 Å². The van der Waals surface area contributed by atoms with Crippen molar-refractivity contribution in [2.24, 2.45) is 0 Å². The van der Waals surface area contributed by atoms with Crippen LogP contribution in [0.25, 0.3) is 10.1 Å². The van der Waals surface area contributed by atoms with Crippen LogP contribution in [0.3, 0.4) is 0 Å². The van der Waals surface area contributed by atoms with E-state index in [0.717, 1.165) is 29.3 Å². The highest BCUT2D eigenvalue weighted by molar-refractivity contribution is 7.21. The maximum absolute atomic E-state index is 12.3. The molecule has 0 aliphatic heterocycles. The highest BCUT2D eigenvalue weighted by Crippen LogP contribution is 2.37. The fourth-order valence-corrected chi connectivity index (χ4v) is 3.80. The number of amides is 1. The first kappa shape index (κ1) is 12.9. The van der Waals surface area contributed by atoms with E-state index in [1.807, 2.05) is 24.3 Å². The molecule has 1 aromatic heterocycles. The fourth-order valence-electron chi connectivity index (χ4n) is 2.38. The van der Waals surface area contributed by atoms with Gasteiger partial charge >= 0.3 is 0 Å². The van der Waals surface area contributed by atoms with Crippen LogP contribution in [0.1, 0.15) is 28.9 Å². The Labute approximate surface area is 120 Å². The molecule has 1 aromatic carbocycles. The summed E-state index contributed by atoms with van der Waals surface area (Å²) in [5.41, 5.74) is -0.434. The summed E-state index contributed by atoms with van der Waals surface area (Å²) in [7, 11) is 0. The van der Waals surface area contributed by atoms with Crippen LogP contribution in [-0.4, -0.2) is 23.2 Å². The highest BCUT2D eigenvalue weighted by atomic mass is 35.5. The summed E-state index contributed by atoms with van der Waals surface area (Å²) in [4.78, 5) is 12.8. The second-order valence-electron chi connectivity index (χ2n) is 4.99. The molecule has 5 heteroatoms. The van der Waals surface area contributed by atoms with Crippen LogP contribution in [0, 0.1) is 0 Å². The molecule has 0 bridgehead atoms. The third kappa shape index (κ3) is 2.14. The van der Waals surface area contributed by atoms with E-state index in [-0.39, 0.29) is 12.5 Å². The molecule has 100 valence electrons. The van der Waals surface area contributed by atoms with E-state index in [4.69, 9.17) is 11.6 Å². The SMILES string of the molecule is O=C(NC1(CO)CCC1)c1sc2ccccc2c1Cl. The standard InChI is InChI=1S/C14H14ClNO2S/c15-11-9-4-1-2-5-10(9)19-12(11)13(18)16-14(8-17)6-3-7-14/h1-2,4-5,17H,3,6-8H2,(H,16,18). The van der Waals surface area contributed by atoms with Crippen LogP contribution in [0.4, 0.5) is 0 Å². The second-order valence-corrected chi connectivity index (χ2v) is 6.42. The number of aliphatic hydroxyl groups is 1. The number of fused-ring (bicyclic) bond motifs is 1. The van der Waals surface area contributed by atoms with E-state index in [0.29, 0.717) is 9.90 Å². The lowest BCUT2D eigenvalue weighted by molar-refractivity contribution is 0.0645. The van der Waals surface area contributed by atoms with E-state index in [2.05, 4.69) is 5.32 Å². The summed E-state index contributed by atoms with van der Waals surface area (Å²) in [6.45, 7) is -0.0126. The lowest BCUT2D eigenvalue weighted by Crippen LogP contribution is -2.56. The quantitative estimate of drug-likeness (QED) is 0.913. The van der Waals surface area contributed by atoms with Gasteiger partial charge in [-0.25, -0.2) is 0 Å². The van der Waals surface area contributed by atoms with Gasteiger partial charge in [-0.15, -0.1) is 11.3 Å². The smallest absolute Gasteiger partial charge is 0.263 e. The first-order valence-electron chi connectivity index (χ1n) is 6.26. The molecule has 3 nitrogen and oxygen atoms in total. The Balaban J connectivity index is 1.91. The van der Waals surface area contributed by atoms with Crippen molar-refractivity contribution in [3.63, 3.8) is 0 Å². The number of rotatable bonds is 3. The van der Waals surface area contributed by atoms with Gasteiger partial charge in [0, 0.05) is 10.1 Å². The predicted octanol–water partition coefficient (Wildman–Crippen LogP) is 3.20. The van der Waals surface area contributed by atoms with E-state index in [1.54, 1.807) is 0 Å². The summed E-state index contributed by atoms with van der Waals surface area (Å²) < 4.78 is 1.00. The number of nitrogens with one attached hydrogen (secondary N) is 1. The zero-order valence-corrected chi connectivity index (χ0v) is 11.9. The van der Waals surface area contributed by atoms with Crippen LogP contribution < -0.4 is 5.32 Å². The zero-order valence-electron chi connectivity index (χ0n) is 10.3. The van der Waals surface area contributed by atoms with Gasteiger partial charge in [-0.2, -0.15) is 0 Å². The minimum atomic E-state index is -0.434. The minimum absolute atomic E-state index is 0.0126. The van der Waals surface area contributed by atoms with Crippen molar-refractivity contribution in [2.75, 3.05) is 6.61 Å². The van der Waals surface area contributed by atoms with Crippen molar-refractivity contribution in [3.05, 3.63) is 34.2 Å². The fraction of sp³-hybridized carbons (Fsp3) is 0.357. The Morgan fingerprint density at radius 3 is 2.74 bits per heavy atom. The normalized spacial score (nSPS) is 17.2. The largest absolute Gasteiger partial charge is 0.394 e. The maximum atomic E-state index is 12.3. The number of hydrogen-bond donors (Lipinski definition) is 2. The van der Waals surface area contributed by atoms with Crippen molar-refractivity contribution in [3.8, 4) is 0 Å². The van der Waals surface area contributed by atoms with Gasteiger partial charge in [0.15, 0.2) is 0 Å². The molecule has 2 N–H and O–H groups in total.